The second kappa shape index (κ2) is 7.31. The first-order valence-corrected chi connectivity index (χ1v) is 8.11. The van der Waals surface area contributed by atoms with Gasteiger partial charge in [0.2, 0.25) is 5.91 Å². The summed E-state index contributed by atoms with van der Waals surface area (Å²) < 4.78 is 0.966. The minimum absolute atomic E-state index is 0.0322. The highest BCUT2D eigenvalue weighted by molar-refractivity contribution is 8.01. The summed E-state index contributed by atoms with van der Waals surface area (Å²) in [5.41, 5.74) is 6.77. The van der Waals surface area contributed by atoms with Crippen LogP contribution in [-0.2, 0) is 4.79 Å². The van der Waals surface area contributed by atoms with Gasteiger partial charge in [0.25, 0.3) is 0 Å². The molecule has 0 bridgehead atoms. The summed E-state index contributed by atoms with van der Waals surface area (Å²) in [4.78, 5) is 15.7. The van der Waals surface area contributed by atoms with Gasteiger partial charge in [-0.05, 0) is 11.5 Å². The monoisotopic (exact) mass is 307 g/mol. The highest BCUT2D eigenvalue weighted by Crippen LogP contribution is 2.25. The van der Waals surface area contributed by atoms with Crippen molar-refractivity contribution in [1.82, 2.24) is 10.3 Å². The van der Waals surface area contributed by atoms with Crippen molar-refractivity contribution in [3.63, 3.8) is 0 Å². The van der Waals surface area contributed by atoms with E-state index in [9.17, 15) is 4.79 Å². The van der Waals surface area contributed by atoms with Crippen LogP contribution in [0.3, 0.4) is 0 Å². The smallest absolute Gasteiger partial charge is 0.230 e. The van der Waals surface area contributed by atoms with Crippen molar-refractivity contribution in [1.29, 1.82) is 0 Å². The lowest BCUT2D eigenvalue weighted by Gasteiger charge is -2.12. The van der Waals surface area contributed by atoms with Gasteiger partial charge in [-0.25, -0.2) is 4.98 Å². The van der Waals surface area contributed by atoms with E-state index in [0.717, 1.165) is 4.21 Å². The van der Waals surface area contributed by atoms with Crippen LogP contribution in [0.15, 0.2) is 40.7 Å². The topological polar surface area (TPSA) is 68.0 Å². The highest BCUT2D eigenvalue weighted by atomic mass is 32.2. The molecular weight excluding hydrogens is 290 g/mol. The summed E-state index contributed by atoms with van der Waals surface area (Å²) in [6, 6.07) is 10.2. The van der Waals surface area contributed by atoms with Crippen LogP contribution >= 0.6 is 23.1 Å². The van der Waals surface area contributed by atoms with Gasteiger partial charge in [0.15, 0.2) is 5.13 Å². The average Bonchev–Trinajstić information content (AvgIpc) is 2.89. The lowest BCUT2D eigenvalue weighted by Crippen LogP contribution is -2.28. The molecule has 6 heteroatoms. The lowest BCUT2D eigenvalue weighted by atomic mass is 10.0. The van der Waals surface area contributed by atoms with Gasteiger partial charge in [-0.3, -0.25) is 4.79 Å². The predicted molar refractivity (Wildman–Crippen MR) is 85.1 cm³/mol. The zero-order chi connectivity index (χ0) is 14.4. The number of hydrogen-bond donors (Lipinski definition) is 2. The Bertz CT molecular complexity index is 557. The summed E-state index contributed by atoms with van der Waals surface area (Å²) in [7, 11) is 0. The first kappa shape index (κ1) is 14.9. The maximum atomic E-state index is 11.8. The van der Waals surface area contributed by atoms with E-state index in [1.807, 2.05) is 18.2 Å². The summed E-state index contributed by atoms with van der Waals surface area (Å²) in [6.45, 7) is 2.75. The Morgan fingerprint density at radius 1 is 1.45 bits per heavy atom. The highest BCUT2D eigenvalue weighted by Gasteiger charge is 2.08. The maximum absolute atomic E-state index is 11.8. The standard InChI is InChI=1S/C14H17N3OS2/c1-10(11-5-3-2-4-6-11)7-16-12(18)9-19-13-8-17-14(15)20-13/h2-6,8,10H,7,9H2,1H3,(H2,15,17)(H,16,18). The molecular formula is C14H17N3OS2. The third-order valence-electron chi connectivity index (χ3n) is 2.82. The molecule has 0 fully saturated rings. The number of carbonyl (C=O) groups excluding carboxylic acids is 1. The number of nitrogens with two attached hydrogens (primary N) is 1. The molecule has 3 N–H and O–H groups in total. The number of carbonyl (C=O) groups is 1. The largest absolute Gasteiger partial charge is 0.375 e. The van der Waals surface area contributed by atoms with E-state index in [1.165, 1.54) is 28.7 Å². The Morgan fingerprint density at radius 2 is 2.20 bits per heavy atom. The molecule has 1 heterocycles. The normalized spacial score (nSPS) is 12.1. The molecule has 0 spiro atoms. The van der Waals surface area contributed by atoms with Crippen LogP contribution in [0.1, 0.15) is 18.4 Å². The maximum Gasteiger partial charge on any atom is 0.230 e. The number of thioether (sulfide) groups is 1. The van der Waals surface area contributed by atoms with Gasteiger partial charge < -0.3 is 11.1 Å². The Kier molecular flexibility index (Phi) is 5.43. The van der Waals surface area contributed by atoms with Gasteiger partial charge in [0.05, 0.1) is 16.2 Å². The van der Waals surface area contributed by atoms with Crippen LogP contribution < -0.4 is 11.1 Å². The van der Waals surface area contributed by atoms with Gasteiger partial charge in [0.1, 0.15) is 0 Å². The fourth-order valence-electron chi connectivity index (χ4n) is 1.69. The Morgan fingerprint density at radius 3 is 2.85 bits per heavy atom. The molecule has 2 aromatic rings. The molecule has 0 saturated carbocycles. The number of rotatable bonds is 6. The number of hydrogen-bond acceptors (Lipinski definition) is 5. The molecule has 0 aliphatic carbocycles. The van der Waals surface area contributed by atoms with Crippen molar-refractivity contribution in [2.45, 2.75) is 17.1 Å². The Balaban J connectivity index is 1.72. The number of nitrogens with zero attached hydrogens (tertiary/aromatic N) is 1. The SMILES string of the molecule is CC(CNC(=O)CSc1cnc(N)s1)c1ccccc1. The molecule has 1 amide bonds. The number of benzene rings is 1. The van der Waals surface area contributed by atoms with Gasteiger partial charge in [-0.15, -0.1) is 11.8 Å². The predicted octanol–water partition coefficient (Wildman–Crippen LogP) is 2.74. The first-order valence-electron chi connectivity index (χ1n) is 6.31. The average molecular weight is 307 g/mol. The fraction of sp³-hybridized carbons (Fsp3) is 0.286. The van der Waals surface area contributed by atoms with E-state index >= 15 is 0 Å². The van der Waals surface area contributed by atoms with Crippen LogP contribution in [0, 0.1) is 0 Å². The van der Waals surface area contributed by atoms with Crippen molar-refractivity contribution in [2.24, 2.45) is 0 Å². The molecule has 1 unspecified atom stereocenters. The second-order valence-corrected chi connectivity index (χ2v) is 6.76. The van der Waals surface area contributed by atoms with Crippen LogP contribution in [-0.4, -0.2) is 23.2 Å². The molecule has 0 radical (unpaired) electrons. The summed E-state index contributed by atoms with van der Waals surface area (Å²) in [5.74, 6) is 0.734. The van der Waals surface area contributed by atoms with Gasteiger partial charge >= 0.3 is 0 Å². The molecule has 2 rings (SSSR count). The Labute approximate surface area is 126 Å². The number of nitrogen functional groups attached to an aromatic ring is 1. The number of nitrogens with one attached hydrogen (secondary N) is 1. The number of thiazole rings is 1. The lowest BCUT2D eigenvalue weighted by molar-refractivity contribution is -0.118. The van der Waals surface area contributed by atoms with E-state index in [1.54, 1.807) is 6.20 Å². The molecule has 20 heavy (non-hydrogen) atoms. The molecule has 1 atom stereocenters. The van der Waals surface area contributed by atoms with Crippen LogP contribution in [0.4, 0.5) is 5.13 Å². The van der Waals surface area contributed by atoms with E-state index in [4.69, 9.17) is 5.73 Å². The quantitative estimate of drug-likeness (QED) is 0.805. The van der Waals surface area contributed by atoms with Crippen LogP contribution in [0.25, 0.3) is 0 Å². The van der Waals surface area contributed by atoms with E-state index in [2.05, 4.69) is 29.4 Å². The van der Waals surface area contributed by atoms with Crippen molar-refractivity contribution >= 4 is 34.1 Å². The van der Waals surface area contributed by atoms with E-state index in [0.29, 0.717) is 23.3 Å². The number of aromatic nitrogens is 1. The molecule has 4 nitrogen and oxygen atoms in total. The number of amides is 1. The van der Waals surface area contributed by atoms with Crippen molar-refractivity contribution in [3.05, 3.63) is 42.1 Å². The zero-order valence-corrected chi connectivity index (χ0v) is 12.8. The van der Waals surface area contributed by atoms with E-state index in [-0.39, 0.29) is 5.91 Å². The zero-order valence-electron chi connectivity index (χ0n) is 11.2. The fourth-order valence-corrected chi connectivity index (χ4v) is 3.28. The second-order valence-electron chi connectivity index (χ2n) is 4.42. The third kappa shape index (κ3) is 4.54. The van der Waals surface area contributed by atoms with Crippen molar-refractivity contribution in [2.75, 3.05) is 18.0 Å². The van der Waals surface area contributed by atoms with Crippen molar-refractivity contribution in [3.8, 4) is 0 Å². The van der Waals surface area contributed by atoms with Gasteiger partial charge in [-0.1, -0.05) is 48.6 Å². The minimum atomic E-state index is 0.0322. The minimum Gasteiger partial charge on any atom is -0.375 e. The Hall–Kier alpha value is -1.53. The van der Waals surface area contributed by atoms with Gasteiger partial charge in [0, 0.05) is 6.54 Å². The molecule has 0 aliphatic heterocycles. The summed E-state index contributed by atoms with van der Waals surface area (Å²) in [6.07, 6.45) is 1.70. The van der Waals surface area contributed by atoms with Gasteiger partial charge in [-0.2, -0.15) is 0 Å². The van der Waals surface area contributed by atoms with Crippen molar-refractivity contribution < 1.29 is 4.79 Å². The van der Waals surface area contributed by atoms with Crippen LogP contribution in [0.5, 0.6) is 0 Å². The molecule has 106 valence electrons. The molecule has 1 aromatic heterocycles. The summed E-state index contributed by atoms with van der Waals surface area (Å²) >= 11 is 2.86. The summed E-state index contributed by atoms with van der Waals surface area (Å²) in [5, 5.41) is 3.48. The molecule has 0 saturated heterocycles. The van der Waals surface area contributed by atoms with E-state index < -0.39 is 0 Å². The first-order chi connectivity index (χ1) is 9.65. The van der Waals surface area contributed by atoms with Crippen LogP contribution in [0.2, 0.25) is 0 Å². The molecule has 0 aliphatic rings. The third-order valence-corrected chi connectivity index (χ3v) is 4.84. The number of anilines is 1. The molecule has 1 aromatic carbocycles.